The summed E-state index contributed by atoms with van der Waals surface area (Å²) in [6, 6.07) is 9.37. The van der Waals surface area contributed by atoms with Crippen LogP contribution in [-0.2, 0) is 16.1 Å². The number of amides is 1. The molecule has 1 aromatic carbocycles. The van der Waals surface area contributed by atoms with E-state index in [1.807, 2.05) is 4.90 Å². The van der Waals surface area contributed by atoms with Crippen LogP contribution in [0.25, 0.3) is 0 Å². The van der Waals surface area contributed by atoms with Gasteiger partial charge in [-0.1, -0.05) is 29.8 Å². The summed E-state index contributed by atoms with van der Waals surface area (Å²) in [6.07, 6.45) is 3.18. The minimum absolute atomic E-state index is 0.276. The third kappa shape index (κ3) is 4.31. The lowest BCUT2D eigenvalue weighted by Gasteiger charge is -2.28. The first-order chi connectivity index (χ1) is 10.7. The molecule has 0 radical (unpaired) electrons. The average molecular weight is 302 g/mol. The van der Waals surface area contributed by atoms with E-state index < -0.39 is 0 Å². The van der Waals surface area contributed by atoms with Gasteiger partial charge in [-0.15, -0.1) is 0 Å². The maximum absolute atomic E-state index is 12.3. The molecule has 1 aliphatic heterocycles. The SMILES string of the molecule is Cc1cccc(CN(CCC(=O)N2CCOCC2)C2CC2)c1. The minimum atomic E-state index is 0.276. The van der Waals surface area contributed by atoms with Gasteiger partial charge in [-0.3, -0.25) is 9.69 Å². The van der Waals surface area contributed by atoms with Crippen LogP contribution in [-0.4, -0.2) is 54.6 Å². The van der Waals surface area contributed by atoms with Gasteiger partial charge in [0.2, 0.25) is 5.91 Å². The monoisotopic (exact) mass is 302 g/mol. The Morgan fingerprint density at radius 1 is 1.32 bits per heavy atom. The van der Waals surface area contributed by atoms with Gasteiger partial charge in [0.15, 0.2) is 0 Å². The fourth-order valence-electron chi connectivity index (χ4n) is 3.09. The van der Waals surface area contributed by atoms with Crippen molar-refractivity contribution in [2.75, 3.05) is 32.8 Å². The summed E-state index contributed by atoms with van der Waals surface area (Å²) in [5.41, 5.74) is 2.66. The first-order valence-electron chi connectivity index (χ1n) is 8.37. The highest BCUT2D eigenvalue weighted by atomic mass is 16.5. The second kappa shape index (κ2) is 7.25. The lowest BCUT2D eigenvalue weighted by atomic mass is 10.1. The minimum Gasteiger partial charge on any atom is -0.378 e. The summed E-state index contributed by atoms with van der Waals surface area (Å²) in [5, 5.41) is 0. The quantitative estimate of drug-likeness (QED) is 0.808. The maximum Gasteiger partial charge on any atom is 0.224 e. The zero-order valence-corrected chi connectivity index (χ0v) is 13.5. The number of hydrogen-bond acceptors (Lipinski definition) is 3. The molecule has 2 aliphatic rings. The number of benzene rings is 1. The van der Waals surface area contributed by atoms with Crippen molar-refractivity contribution < 1.29 is 9.53 Å². The highest BCUT2D eigenvalue weighted by Crippen LogP contribution is 2.28. The molecule has 22 heavy (non-hydrogen) atoms. The summed E-state index contributed by atoms with van der Waals surface area (Å²) in [4.78, 5) is 16.7. The van der Waals surface area contributed by atoms with Crippen LogP contribution in [0.3, 0.4) is 0 Å². The summed E-state index contributed by atoms with van der Waals surface area (Å²) >= 11 is 0. The molecule has 1 heterocycles. The van der Waals surface area contributed by atoms with E-state index in [1.54, 1.807) is 0 Å². The third-order valence-electron chi connectivity index (χ3n) is 4.51. The lowest BCUT2D eigenvalue weighted by molar-refractivity contribution is -0.135. The van der Waals surface area contributed by atoms with Crippen molar-refractivity contribution in [3.63, 3.8) is 0 Å². The van der Waals surface area contributed by atoms with E-state index in [9.17, 15) is 4.79 Å². The Hall–Kier alpha value is -1.39. The molecule has 1 saturated carbocycles. The number of hydrogen-bond donors (Lipinski definition) is 0. The molecule has 3 rings (SSSR count). The molecule has 0 spiro atoms. The van der Waals surface area contributed by atoms with Crippen molar-refractivity contribution in [3.8, 4) is 0 Å². The van der Waals surface area contributed by atoms with E-state index in [1.165, 1.54) is 24.0 Å². The smallest absolute Gasteiger partial charge is 0.224 e. The molecule has 0 aromatic heterocycles. The molecular formula is C18H26N2O2. The average Bonchev–Trinajstić information content (AvgIpc) is 3.37. The first kappa shape index (κ1) is 15.5. The maximum atomic E-state index is 12.3. The van der Waals surface area contributed by atoms with E-state index in [-0.39, 0.29) is 5.91 Å². The Bertz CT molecular complexity index is 508. The van der Waals surface area contributed by atoms with Crippen LogP contribution in [0.5, 0.6) is 0 Å². The van der Waals surface area contributed by atoms with Crippen molar-refractivity contribution in [2.24, 2.45) is 0 Å². The normalized spacial score (nSPS) is 18.7. The zero-order valence-electron chi connectivity index (χ0n) is 13.5. The van der Waals surface area contributed by atoms with Crippen molar-refractivity contribution >= 4 is 5.91 Å². The fraction of sp³-hybridized carbons (Fsp3) is 0.611. The Balaban J connectivity index is 1.52. The molecule has 120 valence electrons. The number of aryl methyl sites for hydroxylation is 1. The lowest BCUT2D eigenvalue weighted by Crippen LogP contribution is -2.42. The van der Waals surface area contributed by atoms with Crippen molar-refractivity contribution in [1.82, 2.24) is 9.80 Å². The Morgan fingerprint density at radius 2 is 2.09 bits per heavy atom. The van der Waals surface area contributed by atoms with E-state index in [4.69, 9.17) is 4.74 Å². The van der Waals surface area contributed by atoms with Gasteiger partial charge in [-0.2, -0.15) is 0 Å². The van der Waals surface area contributed by atoms with Gasteiger partial charge in [0.25, 0.3) is 0 Å². The molecule has 0 unspecified atom stereocenters. The molecule has 1 aliphatic carbocycles. The number of morpholine rings is 1. The summed E-state index contributed by atoms with van der Waals surface area (Å²) < 4.78 is 5.31. The standard InChI is InChI=1S/C18H26N2O2/c1-15-3-2-4-16(13-15)14-20(17-5-6-17)8-7-18(21)19-9-11-22-12-10-19/h2-4,13,17H,5-12,14H2,1H3. The predicted molar refractivity (Wildman–Crippen MR) is 86.6 cm³/mol. The molecular weight excluding hydrogens is 276 g/mol. The number of carbonyl (C=O) groups excluding carboxylic acids is 1. The molecule has 1 aromatic rings. The Morgan fingerprint density at radius 3 is 2.77 bits per heavy atom. The molecule has 0 N–H and O–H groups in total. The molecule has 4 nitrogen and oxygen atoms in total. The first-order valence-corrected chi connectivity index (χ1v) is 8.37. The van der Waals surface area contributed by atoms with E-state index >= 15 is 0 Å². The highest BCUT2D eigenvalue weighted by Gasteiger charge is 2.29. The van der Waals surface area contributed by atoms with Gasteiger partial charge in [0.05, 0.1) is 13.2 Å². The molecule has 1 saturated heterocycles. The van der Waals surface area contributed by atoms with Crippen LogP contribution in [0.1, 0.15) is 30.4 Å². The third-order valence-corrected chi connectivity index (χ3v) is 4.51. The second-order valence-corrected chi connectivity index (χ2v) is 6.43. The van der Waals surface area contributed by atoms with Gasteiger partial charge in [-0.05, 0) is 25.3 Å². The van der Waals surface area contributed by atoms with E-state index in [0.717, 1.165) is 26.2 Å². The fourth-order valence-corrected chi connectivity index (χ4v) is 3.09. The van der Waals surface area contributed by atoms with Crippen LogP contribution in [0.15, 0.2) is 24.3 Å². The second-order valence-electron chi connectivity index (χ2n) is 6.43. The highest BCUT2D eigenvalue weighted by molar-refractivity contribution is 5.76. The van der Waals surface area contributed by atoms with Crippen LogP contribution in [0, 0.1) is 6.92 Å². The van der Waals surface area contributed by atoms with Crippen LogP contribution < -0.4 is 0 Å². The number of carbonyl (C=O) groups is 1. The van der Waals surface area contributed by atoms with Crippen LogP contribution in [0.2, 0.25) is 0 Å². The van der Waals surface area contributed by atoms with Crippen molar-refractivity contribution in [1.29, 1.82) is 0 Å². The Labute approximate surface area is 133 Å². The molecule has 1 amide bonds. The van der Waals surface area contributed by atoms with E-state index in [2.05, 4.69) is 36.1 Å². The van der Waals surface area contributed by atoms with Crippen LogP contribution >= 0.6 is 0 Å². The molecule has 0 atom stereocenters. The predicted octanol–water partition coefficient (Wildman–Crippen LogP) is 2.21. The van der Waals surface area contributed by atoms with E-state index in [0.29, 0.717) is 25.7 Å². The molecule has 2 fully saturated rings. The van der Waals surface area contributed by atoms with Gasteiger partial charge >= 0.3 is 0 Å². The number of rotatable bonds is 6. The van der Waals surface area contributed by atoms with Gasteiger partial charge in [-0.25, -0.2) is 0 Å². The zero-order chi connectivity index (χ0) is 15.4. The molecule has 0 bridgehead atoms. The molecule has 4 heteroatoms. The van der Waals surface area contributed by atoms with Gasteiger partial charge < -0.3 is 9.64 Å². The Kier molecular flexibility index (Phi) is 5.11. The van der Waals surface area contributed by atoms with Gasteiger partial charge in [0.1, 0.15) is 0 Å². The van der Waals surface area contributed by atoms with Crippen LogP contribution in [0.4, 0.5) is 0 Å². The largest absolute Gasteiger partial charge is 0.378 e. The van der Waals surface area contributed by atoms with Crippen molar-refractivity contribution in [3.05, 3.63) is 35.4 Å². The summed E-state index contributed by atoms with van der Waals surface area (Å²) in [7, 11) is 0. The summed E-state index contributed by atoms with van der Waals surface area (Å²) in [6.45, 7) is 6.83. The van der Waals surface area contributed by atoms with Crippen molar-refractivity contribution in [2.45, 2.75) is 38.8 Å². The number of nitrogens with zero attached hydrogens (tertiary/aromatic N) is 2. The number of ether oxygens (including phenoxy) is 1. The summed E-state index contributed by atoms with van der Waals surface area (Å²) in [5.74, 6) is 0.276. The topological polar surface area (TPSA) is 32.8 Å². The van der Waals surface area contributed by atoms with Gasteiger partial charge in [0, 0.05) is 38.6 Å².